The summed E-state index contributed by atoms with van der Waals surface area (Å²) < 4.78 is 4.27. The fraction of sp³-hybridized carbons (Fsp3) is 0. The van der Waals surface area contributed by atoms with E-state index in [9.17, 15) is 10.5 Å². The van der Waals surface area contributed by atoms with Crippen LogP contribution < -0.4 is 0 Å². The SMILES string of the molecule is N#CC(C#N)=C(c1ccc(-n2ccc3ccccc32)cc1)c1ccc(-n2ccc3ccccc32)cc1. The third-order valence-corrected chi connectivity index (χ3v) is 6.54. The van der Waals surface area contributed by atoms with Gasteiger partial charge in [-0.3, -0.25) is 0 Å². The molecule has 6 rings (SSSR count). The largest absolute Gasteiger partial charge is 0.317 e. The first-order chi connectivity index (χ1) is 17.8. The van der Waals surface area contributed by atoms with Gasteiger partial charge in [-0.2, -0.15) is 10.5 Å². The molecule has 2 heterocycles. The summed E-state index contributed by atoms with van der Waals surface area (Å²) in [5.74, 6) is 0. The average molecular weight is 461 g/mol. The zero-order valence-electron chi connectivity index (χ0n) is 19.3. The minimum absolute atomic E-state index is 0.0910. The van der Waals surface area contributed by atoms with Crippen molar-refractivity contribution in [3.05, 3.63) is 138 Å². The standard InChI is InChI=1S/C32H20N4/c33-21-27(22-34)32(25-9-13-28(14-10-25)35-19-17-23-5-1-3-7-30(23)35)26-11-15-29(16-12-26)36-20-18-24-6-2-4-8-31(24)36/h1-20H. The number of hydrogen-bond acceptors (Lipinski definition) is 2. The molecule has 168 valence electrons. The van der Waals surface area contributed by atoms with Gasteiger partial charge >= 0.3 is 0 Å². The Balaban J connectivity index is 1.39. The lowest BCUT2D eigenvalue weighted by atomic mass is 9.93. The zero-order valence-corrected chi connectivity index (χ0v) is 19.3. The van der Waals surface area contributed by atoms with Crippen LogP contribution in [0.4, 0.5) is 0 Å². The second-order valence-corrected chi connectivity index (χ2v) is 8.56. The highest BCUT2D eigenvalue weighted by atomic mass is 15.0. The van der Waals surface area contributed by atoms with E-state index in [1.54, 1.807) is 0 Å². The first-order valence-electron chi connectivity index (χ1n) is 11.6. The number of fused-ring (bicyclic) bond motifs is 2. The second kappa shape index (κ2) is 8.80. The summed E-state index contributed by atoms with van der Waals surface area (Å²) in [6.07, 6.45) is 4.10. The Morgan fingerprint density at radius 2 is 0.917 bits per heavy atom. The van der Waals surface area contributed by atoms with E-state index in [1.807, 2.05) is 72.8 Å². The van der Waals surface area contributed by atoms with E-state index in [-0.39, 0.29) is 5.57 Å². The Morgan fingerprint density at radius 1 is 0.500 bits per heavy atom. The lowest BCUT2D eigenvalue weighted by molar-refractivity contribution is 1.12. The fourth-order valence-electron chi connectivity index (χ4n) is 4.79. The van der Waals surface area contributed by atoms with Crippen LogP contribution in [0.15, 0.2) is 127 Å². The second-order valence-electron chi connectivity index (χ2n) is 8.56. The number of aromatic nitrogens is 2. The Kier molecular flexibility index (Phi) is 5.19. The van der Waals surface area contributed by atoms with Gasteiger partial charge in [-0.15, -0.1) is 0 Å². The molecule has 0 saturated heterocycles. The molecule has 0 aliphatic carbocycles. The molecular formula is C32H20N4. The van der Waals surface area contributed by atoms with Crippen LogP contribution in [0.25, 0.3) is 38.8 Å². The van der Waals surface area contributed by atoms with Gasteiger partial charge in [-0.1, -0.05) is 60.7 Å². The Labute approximate surface area is 208 Å². The summed E-state index contributed by atoms with van der Waals surface area (Å²) >= 11 is 0. The summed E-state index contributed by atoms with van der Waals surface area (Å²) in [6.45, 7) is 0. The van der Waals surface area contributed by atoms with Crippen LogP contribution in [0.5, 0.6) is 0 Å². The molecule has 0 bridgehead atoms. The third kappa shape index (κ3) is 3.55. The summed E-state index contributed by atoms with van der Waals surface area (Å²) in [5.41, 5.74) is 6.67. The summed E-state index contributed by atoms with van der Waals surface area (Å²) in [7, 11) is 0. The number of benzene rings is 4. The molecule has 0 amide bonds. The molecule has 36 heavy (non-hydrogen) atoms. The lowest BCUT2D eigenvalue weighted by Gasteiger charge is -2.12. The van der Waals surface area contributed by atoms with Gasteiger partial charge in [0.25, 0.3) is 0 Å². The molecule has 0 atom stereocenters. The van der Waals surface area contributed by atoms with Gasteiger partial charge < -0.3 is 9.13 Å². The lowest BCUT2D eigenvalue weighted by Crippen LogP contribution is -1.97. The molecule has 4 aromatic carbocycles. The van der Waals surface area contributed by atoms with E-state index in [4.69, 9.17) is 0 Å². The molecule has 4 nitrogen and oxygen atoms in total. The maximum Gasteiger partial charge on any atom is 0.138 e. The first kappa shape index (κ1) is 21.2. The highest BCUT2D eigenvalue weighted by Gasteiger charge is 2.14. The van der Waals surface area contributed by atoms with Crippen molar-refractivity contribution >= 4 is 27.4 Å². The molecule has 0 spiro atoms. The fourth-order valence-corrected chi connectivity index (χ4v) is 4.79. The minimum Gasteiger partial charge on any atom is -0.317 e. The Bertz CT molecular complexity index is 1700. The Morgan fingerprint density at radius 3 is 1.33 bits per heavy atom. The molecule has 4 heteroatoms. The van der Waals surface area contributed by atoms with Gasteiger partial charge in [0.1, 0.15) is 17.7 Å². The maximum absolute atomic E-state index is 9.73. The number of para-hydroxylation sites is 2. The quantitative estimate of drug-likeness (QED) is 0.257. The number of rotatable bonds is 4. The van der Waals surface area contributed by atoms with E-state index in [0.29, 0.717) is 5.57 Å². The molecule has 6 aromatic rings. The molecule has 0 aliphatic heterocycles. The van der Waals surface area contributed by atoms with Crippen molar-refractivity contribution < 1.29 is 0 Å². The normalized spacial score (nSPS) is 10.7. The van der Waals surface area contributed by atoms with Gasteiger partial charge in [0.2, 0.25) is 0 Å². The van der Waals surface area contributed by atoms with Crippen LogP contribution in [0.2, 0.25) is 0 Å². The monoisotopic (exact) mass is 460 g/mol. The molecule has 0 aliphatic rings. The summed E-state index contributed by atoms with van der Waals surface area (Å²) in [6, 6.07) is 40.8. The molecule has 2 aromatic heterocycles. The van der Waals surface area contributed by atoms with Crippen molar-refractivity contribution in [3.63, 3.8) is 0 Å². The highest BCUT2D eigenvalue weighted by Crippen LogP contribution is 2.30. The van der Waals surface area contributed by atoms with Crippen molar-refractivity contribution in [2.45, 2.75) is 0 Å². The van der Waals surface area contributed by atoms with Crippen LogP contribution in [-0.2, 0) is 0 Å². The van der Waals surface area contributed by atoms with Crippen LogP contribution >= 0.6 is 0 Å². The van der Waals surface area contributed by atoms with E-state index in [2.05, 4.69) is 70.1 Å². The van der Waals surface area contributed by atoms with Crippen LogP contribution in [0.3, 0.4) is 0 Å². The van der Waals surface area contributed by atoms with Gasteiger partial charge in [0.15, 0.2) is 0 Å². The van der Waals surface area contributed by atoms with Crippen molar-refractivity contribution in [2.24, 2.45) is 0 Å². The van der Waals surface area contributed by atoms with Crippen LogP contribution in [-0.4, -0.2) is 9.13 Å². The zero-order chi connectivity index (χ0) is 24.5. The summed E-state index contributed by atoms with van der Waals surface area (Å²) in [4.78, 5) is 0. The van der Waals surface area contributed by atoms with Gasteiger partial charge in [-0.05, 0) is 70.4 Å². The van der Waals surface area contributed by atoms with Gasteiger partial charge in [-0.25, -0.2) is 0 Å². The van der Waals surface area contributed by atoms with E-state index in [1.165, 1.54) is 10.8 Å². The molecule has 0 saturated carbocycles. The topological polar surface area (TPSA) is 57.4 Å². The predicted molar refractivity (Wildman–Crippen MR) is 144 cm³/mol. The van der Waals surface area contributed by atoms with Crippen LogP contribution in [0.1, 0.15) is 11.1 Å². The number of nitriles is 2. The smallest absolute Gasteiger partial charge is 0.138 e. The van der Waals surface area contributed by atoms with E-state index in [0.717, 1.165) is 33.5 Å². The van der Waals surface area contributed by atoms with Crippen molar-refractivity contribution in [2.75, 3.05) is 0 Å². The average Bonchev–Trinajstić information content (AvgIpc) is 3.57. The molecular weight excluding hydrogens is 440 g/mol. The predicted octanol–water partition coefficient (Wildman–Crippen LogP) is 7.42. The molecule has 0 radical (unpaired) electrons. The van der Waals surface area contributed by atoms with Crippen LogP contribution in [0, 0.1) is 22.7 Å². The molecule has 0 unspecified atom stereocenters. The van der Waals surface area contributed by atoms with Crippen molar-refractivity contribution in [3.8, 4) is 23.5 Å². The number of nitrogens with zero attached hydrogens (tertiary/aromatic N) is 4. The van der Waals surface area contributed by atoms with Crippen molar-refractivity contribution in [1.82, 2.24) is 9.13 Å². The Hall–Kier alpha value is -5.32. The third-order valence-electron chi connectivity index (χ3n) is 6.54. The van der Waals surface area contributed by atoms with Gasteiger partial charge in [0.05, 0.1) is 11.0 Å². The van der Waals surface area contributed by atoms with E-state index < -0.39 is 0 Å². The highest BCUT2D eigenvalue weighted by molar-refractivity contribution is 5.88. The summed E-state index contributed by atoms with van der Waals surface area (Å²) in [5, 5.41) is 21.8. The van der Waals surface area contributed by atoms with Crippen molar-refractivity contribution in [1.29, 1.82) is 10.5 Å². The minimum atomic E-state index is 0.0910. The number of hydrogen-bond donors (Lipinski definition) is 0. The first-order valence-corrected chi connectivity index (χ1v) is 11.6. The molecule has 0 N–H and O–H groups in total. The number of allylic oxidation sites excluding steroid dienone is 1. The maximum atomic E-state index is 9.73. The van der Waals surface area contributed by atoms with Gasteiger partial charge in [0, 0.05) is 29.3 Å². The molecule has 0 fully saturated rings. The van der Waals surface area contributed by atoms with E-state index >= 15 is 0 Å².